The molecule has 0 aliphatic rings. The molecule has 1 amide bonds. The first-order valence-electron chi connectivity index (χ1n) is 8.34. The second-order valence-electron chi connectivity index (χ2n) is 5.33. The predicted molar refractivity (Wildman–Crippen MR) is 96.9 cm³/mol. The maximum absolute atomic E-state index is 12.0. The maximum Gasteiger partial charge on any atom is 0.329 e. The molecule has 0 saturated carbocycles. The van der Waals surface area contributed by atoms with Crippen molar-refractivity contribution in [2.24, 2.45) is 0 Å². The van der Waals surface area contributed by atoms with Crippen molar-refractivity contribution in [3.63, 3.8) is 0 Å². The Morgan fingerprint density at radius 3 is 2.54 bits per heavy atom. The Morgan fingerprint density at radius 1 is 1.23 bits per heavy atom. The number of nitrogens with one attached hydrogen (secondary N) is 1. The van der Waals surface area contributed by atoms with Crippen LogP contribution in [-0.2, 0) is 24.0 Å². The number of carbonyl (C=O) groups is 3. The first-order valence-corrected chi connectivity index (χ1v) is 9.33. The van der Waals surface area contributed by atoms with Crippen LogP contribution in [0.2, 0.25) is 0 Å². The van der Waals surface area contributed by atoms with Gasteiger partial charge in [-0.25, -0.2) is 4.79 Å². The number of unbranched alkanes of at least 4 members (excludes halogenated alkanes) is 2. The van der Waals surface area contributed by atoms with Gasteiger partial charge in [0.15, 0.2) is 5.12 Å². The fourth-order valence-corrected chi connectivity index (χ4v) is 2.67. The average molecular weight is 390 g/mol. The molecular formula is C16H26N2O7S. The highest BCUT2D eigenvalue weighted by Crippen LogP contribution is 2.12. The van der Waals surface area contributed by atoms with Crippen molar-refractivity contribution in [1.82, 2.24) is 5.32 Å². The van der Waals surface area contributed by atoms with Crippen LogP contribution in [0.4, 0.5) is 0 Å². The van der Waals surface area contributed by atoms with E-state index >= 15 is 0 Å². The number of amides is 1. The lowest BCUT2D eigenvalue weighted by atomic mass is 10.2. The summed E-state index contributed by atoms with van der Waals surface area (Å²) in [5.74, 6) is -0.928. The predicted octanol–water partition coefficient (Wildman–Crippen LogP) is 2.03. The van der Waals surface area contributed by atoms with E-state index in [1.807, 2.05) is 19.1 Å². The van der Waals surface area contributed by atoms with Crippen LogP contribution in [0.3, 0.4) is 0 Å². The van der Waals surface area contributed by atoms with Gasteiger partial charge in [0.25, 0.3) is 5.09 Å². The third-order valence-corrected chi connectivity index (χ3v) is 4.07. The summed E-state index contributed by atoms with van der Waals surface area (Å²) < 4.78 is 5.04. The van der Waals surface area contributed by atoms with E-state index in [4.69, 9.17) is 4.74 Å². The van der Waals surface area contributed by atoms with E-state index in [1.54, 1.807) is 0 Å². The zero-order chi connectivity index (χ0) is 19.8. The molecular weight excluding hydrogens is 364 g/mol. The molecule has 0 fully saturated rings. The number of rotatable bonds is 14. The van der Waals surface area contributed by atoms with Gasteiger partial charge in [0.05, 0.1) is 13.2 Å². The van der Waals surface area contributed by atoms with Crippen molar-refractivity contribution in [2.45, 2.75) is 52.0 Å². The van der Waals surface area contributed by atoms with Crippen molar-refractivity contribution in [2.75, 3.05) is 19.0 Å². The molecule has 9 nitrogen and oxygen atoms in total. The lowest BCUT2D eigenvalue weighted by Gasteiger charge is -2.16. The molecule has 0 aliphatic carbocycles. The second kappa shape index (κ2) is 15.2. The van der Waals surface area contributed by atoms with Crippen LogP contribution in [0.15, 0.2) is 12.2 Å². The van der Waals surface area contributed by atoms with E-state index in [0.717, 1.165) is 24.6 Å². The fourth-order valence-electron chi connectivity index (χ4n) is 1.81. The van der Waals surface area contributed by atoms with Crippen molar-refractivity contribution < 1.29 is 29.0 Å². The highest BCUT2D eigenvalue weighted by molar-refractivity contribution is 8.13. The van der Waals surface area contributed by atoms with Gasteiger partial charge in [0, 0.05) is 19.1 Å². The first-order chi connectivity index (χ1) is 12.4. The van der Waals surface area contributed by atoms with Crippen LogP contribution >= 0.6 is 11.8 Å². The van der Waals surface area contributed by atoms with Crippen molar-refractivity contribution in [3.8, 4) is 0 Å². The molecule has 0 heterocycles. The number of nitrogens with zero attached hydrogens (tertiary/aromatic N) is 1. The molecule has 26 heavy (non-hydrogen) atoms. The van der Waals surface area contributed by atoms with Crippen LogP contribution in [0, 0.1) is 10.1 Å². The summed E-state index contributed by atoms with van der Waals surface area (Å²) in [7, 11) is 0. The molecule has 0 aliphatic heterocycles. The monoisotopic (exact) mass is 390 g/mol. The standard InChI is InChI=1S/C16H26N2O7S/c1-3-4-5-6-9-15(20)26-12-14(17-13(2)19)16(21)24-10-7-8-11-25-18(22)23/h3-4,14H,5-12H2,1-2H3,(H,17,19)/b4-3-. The van der Waals surface area contributed by atoms with Crippen molar-refractivity contribution >= 4 is 28.8 Å². The molecule has 10 heteroatoms. The Morgan fingerprint density at radius 2 is 1.92 bits per heavy atom. The van der Waals surface area contributed by atoms with Gasteiger partial charge in [-0.3, -0.25) is 9.59 Å². The van der Waals surface area contributed by atoms with Crippen molar-refractivity contribution in [1.29, 1.82) is 0 Å². The van der Waals surface area contributed by atoms with E-state index in [0.29, 0.717) is 19.3 Å². The molecule has 0 bridgehead atoms. The zero-order valence-corrected chi connectivity index (χ0v) is 15.9. The third-order valence-electron chi connectivity index (χ3n) is 3.04. The average Bonchev–Trinajstić information content (AvgIpc) is 2.57. The third kappa shape index (κ3) is 14.3. The van der Waals surface area contributed by atoms with Crippen LogP contribution in [-0.4, -0.2) is 47.1 Å². The van der Waals surface area contributed by atoms with E-state index < -0.39 is 23.0 Å². The Hall–Kier alpha value is -2.10. The topological polar surface area (TPSA) is 125 Å². The lowest BCUT2D eigenvalue weighted by Crippen LogP contribution is -2.43. The Balaban J connectivity index is 4.16. The molecule has 0 aromatic rings. The Kier molecular flexibility index (Phi) is 14.0. The zero-order valence-electron chi connectivity index (χ0n) is 15.1. The lowest BCUT2D eigenvalue weighted by molar-refractivity contribution is -0.757. The highest BCUT2D eigenvalue weighted by atomic mass is 32.2. The fraction of sp³-hybridized carbons (Fsp3) is 0.688. The van der Waals surface area contributed by atoms with Gasteiger partial charge >= 0.3 is 5.97 Å². The molecule has 0 saturated heterocycles. The normalized spacial score (nSPS) is 11.8. The van der Waals surface area contributed by atoms with Gasteiger partial charge in [-0.1, -0.05) is 23.9 Å². The number of esters is 1. The van der Waals surface area contributed by atoms with Gasteiger partial charge in [-0.05, 0) is 32.6 Å². The minimum absolute atomic E-state index is 0.0467. The molecule has 0 aromatic heterocycles. The summed E-state index contributed by atoms with van der Waals surface area (Å²) >= 11 is 0.990. The minimum Gasteiger partial charge on any atom is -0.464 e. The molecule has 0 rings (SSSR count). The van der Waals surface area contributed by atoms with Gasteiger partial charge in [0.1, 0.15) is 6.04 Å². The number of hydrogen-bond acceptors (Lipinski definition) is 8. The van der Waals surface area contributed by atoms with E-state index in [2.05, 4.69) is 10.2 Å². The highest BCUT2D eigenvalue weighted by Gasteiger charge is 2.22. The summed E-state index contributed by atoms with van der Waals surface area (Å²) in [5.41, 5.74) is 0. The quantitative estimate of drug-likeness (QED) is 0.157. The SMILES string of the molecule is C/C=C\CCCC(=O)SCC(NC(C)=O)C(=O)OCCCCO[N+](=O)[O-]. The molecule has 0 aromatic carbocycles. The molecule has 1 unspecified atom stereocenters. The van der Waals surface area contributed by atoms with Crippen LogP contribution in [0.5, 0.6) is 0 Å². The number of ether oxygens (including phenoxy) is 1. The molecule has 0 spiro atoms. The summed E-state index contributed by atoms with van der Waals surface area (Å²) in [6, 6.07) is -0.910. The van der Waals surface area contributed by atoms with E-state index in [1.165, 1.54) is 6.92 Å². The van der Waals surface area contributed by atoms with Gasteiger partial charge in [0.2, 0.25) is 5.91 Å². The van der Waals surface area contributed by atoms with Gasteiger partial charge in [-0.15, -0.1) is 10.1 Å². The summed E-state index contributed by atoms with van der Waals surface area (Å²) in [4.78, 5) is 49.2. The van der Waals surface area contributed by atoms with Gasteiger partial charge < -0.3 is 14.9 Å². The molecule has 148 valence electrons. The largest absolute Gasteiger partial charge is 0.464 e. The van der Waals surface area contributed by atoms with Crippen LogP contribution < -0.4 is 5.32 Å². The second-order valence-corrected chi connectivity index (χ2v) is 6.41. The molecule has 1 atom stereocenters. The van der Waals surface area contributed by atoms with Crippen molar-refractivity contribution in [3.05, 3.63) is 22.3 Å². The summed E-state index contributed by atoms with van der Waals surface area (Å²) in [6.45, 7) is 3.17. The van der Waals surface area contributed by atoms with E-state index in [9.17, 15) is 24.5 Å². The van der Waals surface area contributed by atoms with Crippen LogP contribution in [0.25, 0.3) is 0 Å². The first kappa shape index (κ1) is 23.9. The Labute approximate surface area is 157 Å². The van der Waals surface area contributed by atoms with Gasteiger partial charge in [-0.2, -0.15) is 0 Å². The number of thioether (sulfide) groups is 1. The molecule has 0 radical (unpaired) electrons. The van der Waals surface area contributed by atoms with Crippen LogP contribution in [0.1, 0.15) is 46.0 Å². The number of carbonyl (C=O) groups excluding carboxylic acids is 3. The summed E-state index contributed by atoms with van der Waals surface area (Å²) in [6.07, 6.45) is 6.60. The smallest absolute Gasteiger partial charge is 0.329 e. The number of hydrogen-bond donors (Lipinski definition) is 1. The minimum atomic E-state index is -0.910. The number of allylic oxidation sites excluding steroid dienone is 2. The molecule has 1 N–H and O–H groups in total. The maximum atomic E-state index is 12.0. The van der Waals surface area contributed by atoms with E-state index in [-0.39, 0.29) is 24.1 Å². The Bertz CT molecular complexity index is 497. The summed E-state index contributed by atoms with van der Waals surface area (Å²) in [5, 5.41) is 11.5.